The van der Waals surface area contributed by atoms with Gasteiger partial charge in [0.1, 0.15) is 5.82 Å². The highest BCUT2D eigenvalue weighted by atomic mass is 32.2. The van der Waals surface area contributed by atoms with Crippen molar-refractivity contribution in [2.24, 2.45) is 29.7 Å². The maximum absolute atomic E-state index is 13.4. The van der Waals surface area contributed by atoms with E-state index in [2.05, 4.69) is 68.3 Å². The average molecular weight is 552 g/mol. The van der Waals surface area contributed by atoms with E-state index in [4.69, 9.17) is 9.72 Å². The van der Waals surface area contributed by atoms with Crippen LogP contribution in [0.25, 0.3) is 5.82 Å². The second kappa shape index (κ2) is 9.57. The number of hydrogen-bond donors (Lipinski definition) is 1. The second-order valence-electron chi connectivity index (χ2n) is 12.9. The number of nitrogens with one attached hydrogen (secondary N) is 1. The van der Waals surface area contributed by atoms with Gasteiger partial charge in [0.2, 0.25) is 5.88 Å². The van der Waals surface area contributed by atoms with Gasteiger partial charge in [0, 0.05) is 37.3 Å². The summed E-state index contributed by atoms with van der Waals surface area (Å²) in [6, 6.07) is 5.56. The molecule has 0 aromatic carbocycles. The summed E-state index contributed by atoms with van der Waals surface area (Å²) >= 11 is 1.28. The number of hydrogen-bond acceptors (Lipinski definition) is 7. The highest BCUT2D eigenvalue weighted by Crippen LogP contribution is 2.68. The van der Waals surface area contributed by atoms with Gasteiger partial charge < -0.3 is 9.64 Å². The van der Waals surface area contributed by atoms with Gasteiger partial charge in [-0.05, 0) is 68.0 Å². The lowest BCUT2D eigenvalue weighted by Crippen LogP contribution is -2.40. The molecule has 10 heteroatoms. The Bertz CT molecular complexity index is 1380. The maximum atomic E-state index is 13.4. The van der Waals surface area contributed by atoms with Gasteiger partial charge in [-0.1, -0.05) is 34.6 Å². The largest absolute Gasteiger partial charge is 0.476 e. The molecule has 2 fully saturated rings. The van der Waals surface area contributed by atoms with E-state index in [0.717, 1.165) is 23.6 Å². The number of rotatable bonds is 8. The molecule has 1 saturated carbocycles. The highest BCUT2D eigenvalue weighted by molar-refractivity contribution is 7.98. The van der Waals surface area contributed by atoms with Crippen LogP contribution in [0.3, 0.4) is 0 Å². The Morgan fingerprint density at radius 1 is 1.15 bits per heavy atom. The van der Waals surface area contributed by atoms with Crippen LogP contribution in [-0.4, -0.2) is 49.1 Å². The minimum atomic E-state index is -0.188. The Labute approximate surface area is 235 Å². The molecule has 3 aromatic rings. The first-order chi connectivity index (χ1) is 18.2. The number of aromatic nitrogens is 5. The van der Waals surface area contributed by atoms with Gasteiger partial charge in [0.05, 0.1) is 29.0 Å². The Balaban J connectivity index is 1.39. The molecule has 210 valence electrons. The van der Waals surface area contributed by atoms with Crippen molar-refractivity contribution in [3.8, 4) is 11.7 Å². The van der Waals surface area contributed by atoms with Crippen LogP contribution in [0.2, 0.25) is 0 Å². The van der Waals surface area contributed by atoms with E-state index in [1.165, 1.54) is 11.9 Å². The van der Waals surface area contributed by atoms with Gasteiger partial charge in [-0.2, -0.15) is 5.10 Å². The lowest BCUT2D eigenvalue weighted by Gasteiger charge is -2.34. The molecule has 5 rings (SSSR count). The van der Waals surface area contributed by atoms with Gasteiger partial charge in [-0.3, -0.25) is 14.2 Å². The molecule has 0 unspecified atom stereocenters. The summed E-state index contributed by atoms with van der Waals surface area (Å²) in [7, 11) is 1.89. The molecule has 1 aliphatic carbocycles. The zero-order valence-electron chi connectivity index (χ0n) is 24.6. The quantitative estimate of drug-likeness (QED) is 0.373. The first kappa shape index (κ1) is 27.6. The molecule has 1 N–H and O–H groups in total. The van der Waals surface area contributed by atoms with Gasteiger partial charge in [-0.15, -0.1) is 5.10 Å². The van der Waals surface area contributed by atoms with E-state index in [1.807, 2.05) is 38.4 Å². The summed E-state index contributed by atoms with van der Waals surface area (Å²) in [6.45, 7) is 19.3. The average Bonchev–Trinajstić information content (AvgIpc) is 3.37. The Kier molecular flexibility index (Phi) is 6.76. The number of carbonyl (C=O) groups excluding carboxylic acids is 1. The zero-order valence-corrected chi connectivity index (χ0v) is 25.4. The Morgan fingerprint density at radius 3 is 2.46 bits per heavy atom. The van der Waals surface area contributed by atoms with Crippen LogP contribution in [0.4, 0.5) is 5.82 Å². The fraction of sp³-hybridized carbons (Fsp3) is 0.586. The first-order valence-electron chi connectivity index (χ1n) is 13.7. The predicted octanol–water partition coefficient (Wildman–Crippen LogP) is 5.43. The minimum absolute atomic E-state index is 0.130. The van der Waals surface area contributed by atoms with E-state index in [-0.39, 0.29) is 22.3 Å². The van der Waals surface area contributed by atoms with Crippen molar-refractivity contribution in [2.75, 3.05) is 18.1 Å². The van der Waals surface area contributed by atoms with E-state index in [0.29, 0.717) is 41.5 Å². The van der Waals surface area contributed by atoms with Crippen molar-refractivity contribution in [3.05, 3.63) is 41.9 Å². The molecule has 0 spiro atoms. The summed E-state index contributed by atoms with van der Waals surface area (Å²) in [5.41, 5.74) is 1.92. The lowest BCUT2D eigenvalue weighted by atomic mass is 9.97. The number of pyridine rings is 1. The number of anilines is 1. The third-order valence-corrected chi connectivity index (χ3v) is 10.3. The molecule has 9 nitrogen and oxygen atoms in total. The van der Waals surface area contributed by atoms with Gasteiger partial charge >= 0.3 is 0 Å². The molecule has 0 bridgehead atoms. The molecule has 39 heavy (non-hydrogen) atoms. The molecule has 1 aliphatic heterocycles. The highest BCUT2D eigenvalue weighted by Gasteiger charge is 2.64. The molecule has 0 radical (unpaired) electrons. The normalized spacial score (nSPS) is 21.3. The molecule has 4 heterocycles. The van der Waals surface area contributed by atoms with E-state index in [9.17, 15) is 4.79 Å². The Hall–Kier alpha value is -3.01. The lowest BCUT2D eigenvalue weighted by molar-refractivity contribution is 0.0984. The topological polar surface area (TPSA) is 90.1 Å². The summed E-state index contributed by atoms with van der Waals surface area (Å²) in [4.78, 5) is 21.6. The number of amides is 1. The minimum Gasteiger partial charge on any atom is -0.476 e. The summed E-state index contributed by atoms with van der Waals surface area (Å²) < 4.78 is 12.6. The third-order valence-electron chi connectivity index (χ3n) is 9.39. The van der Waals surface area contributed by atoms with Gasteiger partial charge in [0.25, 0.3) is 5.91 Å². The zero-order chi connectivity index (χ0) is 28.3. The van der Waals surface area contributed by atoms with Crippen LogP contribution < -0.4 is 14.4 Å². The summed E-state index contributed by atoms with van der Waals surface area (Å²) in [6.07, 6.45) is 4.65. The number of nitrogens with zero attached hydrogens (tertiary/aromatic N) is 6. The van der Waals surface area contributed by atoms with Crippen LogP contribution in [0.15, 0.2) is 35.5 Å². The van der Waals surface area contributed by atoms with E-state index < -0.39 is 0 Å². The fourth-order valence-electron chi connectivity index (χ4n) is 6.07. The number of ether oxygens (including phenoxy) is 1. The smallest absolute Gasteiger partial charge is 0.265 e. The molecule has 3 aromatic heterocycles. The molecule has 2 aliphatic rings. The van der Waals surface area contributed by atoms with Crippen molar-refractivity contribution in [1.82, 2.24) is 29.3 Å². The van der Waals surface area contributed by atoms with Crippen LogP contribution in [0, 0.1) is 29.6 Å². The monoisotopic (exact) mass is 551 g/mol. The maximum Gasteiger partial charge on any atom is 0.265 e. The Morgan fingerprint density at radius 2 is 1.87 bits per heavy atom. The van der Waals surface area contributed by atoms with Crippen molar-refractivity contribution in [1.29, 1.82) is 0 Å². The third kappa shape index (κ3) is 4.92. The first-order valence-corrected chi connectivity index (χ1v) is 14.5. The van der Waals surface area contributed by atoms with Crippen LogP contribution in [0.5, 0.6) is 5.88 Å². The van der Waals surface area contributed by atoms with Crippen molar-refractivity contribution < 1.29 is 9.53 Å². The number of aryl methyl sites for hydroxylation is 1. The summed E-state index contributed by atoms with van der Waals surface area (Å²) in [5, 5.41) is 8.92. The second-order valence-corrected chi connectivity index (χ2v) is 13.8. The standard InChI is InChI=1S/C29H41N7O2S/c1-18-14-27(3,4)35(16-18)25-20(26(37)33-39-21-15-30-34(9)19(21)2)10-11-23(31-25)36-13-12-24(32-36)38-17-22-28(5,6)29(22,7)8/h10-13,15,18,22H,14,16-17H2,1-9H3,(H,33,37)/t18-/m0/s1. The van der Waals surface area contributed by atoms with Crippen molar-refractivity contribution in [2.45, 2.75) is 72.2 Å². The van der Waals surface area contributed by atoms with E-state index >= 15 is 0 Å². The van der Waals surface area contributed by atoms with Crippen LogP contribution >= 0.6 is 11.9 Å². The van der Waals surface area contributed by atoms with Crippen molar-refractivity contribution >= 4 is 23.7 Å². The molecule has 1 atom stereocenters. The SMILES string of the molecule is Cc1c(SNC(=O)c2ccc(-n3ccc(OCC4C(C)(C)C4(C)C)n3)nc2N2C[C@@H](C)CC2(C)C)cnn1C. The molecular weight excluding hydrogens is 510 g/mol. The molecular formula is C29H41N7O2S. The van der Waals surface area contributed by atoms with Gasteiger partial charge in [-0.25, -0.2) is 9.67 Å². The number of carbonyl (C=O) groups is 1. The molecule has 1 saturated heterocycles. The fourth-order valence-corrected chi connectivity index (χ4v) is 6.77. The van der Waals surface area contributed by atoms with E-state index in [1.54, 1.807) is 15.6 Å². The van der Waals surface area contributed by atoms with Crippen LogP contribution in [-0.2, 0) is 7.05 Å². The predicted molar refractivity (Wildman–Crippen MR) is 154 cm³/mol. The summed E-state index contributed by atoms with van der Waals surface area (Å²) in [5.74, 6) is 2.69. The van der Waals surface area contributed by atoms with Crippen LogP contribution in [0.1, 0.15) is 70.9 Å². The van der Waals surface area contributed by atoms with Gasteiger partial charge in [0.15, 0.2) is 5.82 Å². The molecule has 1 amide bonds. The van der Waals surface area contributed by atoms with Crippen molar-refractivity contribution in [3.63, 3.8) is 0 Å².